The standard InChI is InChI=1S/C31H45ClN8O4/c1-39-26(28(42)37-11-14-40(12-9-34)13-10-35)17-21-15-19(4-6-24(21)32)20-5-7-27(41)22(16-20)23-18-31(23,36)30(44)38-25(29(39)43)3-2-8-33/h4-7,15-16,23,25-26,41H,2-3,8-14,17-18,33-36H2,1H3,(H,37,42)(H,38,44)/t23?,25-,26-,31+/m0/s1. The van der Waals surface area contributed by atoms with Crippen LogP contribution >= 0.6 is 11.6 Å². The topological polar surface area (TPSA) is 206 Å². The summed E-state index contributed by atoms with van der Waals surface area (Å²) in [5.74, 6) is -1.68. The maximum absolute atomic E-state index is 14.0. The largest absolute Gasteiger partial charge is 0.508 e. The van der Waals surface area contributed by atoms with Crippen LogP contribution in [-0.4, -0.2) is 103 Å². The molecule has 0 aromatic heterocycles. The molecule has 0 saturated heterocycles. The maximum atomic E-state index is 14.0. The van der Waals surface area contributed by atoms with Gasteiger partial charge >= 0.3 is 0 Å². The third kappa shape index (κ3) is 7.51. The number of rotatable bonds is 11. The number of phenols is 1. The van der Waals surface area contributed by atoms with Gasteiger partial charge in [0.05, 0.1) is 0 Å². The number of nitrogens with one attached hydrogen (secondary N) is 2. The van der Waals surface area contributed by atoms with Gasteiger partial charge in [0.2, 0.25) is 17.7 Å². The third-order valence-corrected chi connectivity index (χ3v) is 9.03. The lowest BCUT2D eigenvalue weighted by Gasteiger charge is -2.32. The van der Waals surface area contributed by atoms with Crippen LogP contribution in [0.4, 0.5) is 0 Å². The smallest absolute Gasteiger partial charge is 0.245 e. The number of carbonyl (C=O) groups is 3. The van der Waals surface area contributed by atoms with E-state index in [2.05, 4.69) is 15.5 Å². The molecular formula is C31H45ClN8O4. The van der Waals surface area contributed by atoms with Crippen molar-refractivity contribution in [3.05, 3.63) is 52.5 Å². The first-order valence-corrected chi connectivity index (χ1v) is 15.5. The van der Waals surface area contributed by atoms with E-state index in [-0.39, 0.29) is 24.5 Å². The van der Waals surface area contributed by atoms with Crippen LogP contribution in [0.5, 0.6) is 5.75 Å². The number of phenolic OH excluding ortho intramolecular Hbond substituents is 1. The van der Waals surface area contributed by atoms with Crippen molar-refractivity contribution in [3.8, 4) is 16.9 Å². The molecule has 240 valence electrons. The summed E-state index contributed by atoms with van der Waals surface area (Å²) in [5.41, 5.74) is 25.3. The number of nitrogens with two attached hydrogens (primary N) is 4. The van der Waals surface area contributed by atoms with Crippen molar-refractivity contribution in [2.45, 2.75) is 49.2 Å². The van der Waals surface area contributed by atoms with Crippen LogP contribution in [0.15, 0.2) is 36.4 Å². The lowest BCUT2D eigenvalue weighted by molar-refractivity contribution is -0.142. The summed E-state index contributed by atoms with van der Waals surface area (Å²) in [5, 5.41) is 17.0. The number of fused-ring (bicyclic) bond motifs is 7. The second-order valence-electron chi connectivity index (χ2n) is 11.7. The maximum Gasteiger partial charge on any atom is 0.245 e. The molecule has 1 saturated carbocycles. The second kappa shape index (κ2) is 14.7. The number of hydrogen-bond acceptors (Lipinski definition) is 9. The van der Waals surface area contributed by atoms with Gasteiger partial charge in [-0.25, -0.2) is 0 Å². The highest BCUT2D eigenvalue weighted by Gasteiger charge is 2.59. The Kier molecular flexibility index (Phi) is 11.2. The minimum absolute atomic E-state index is 0.0427. The zero-order valence-corrected chi connectivity index (χ0v) is 26.0. The number of likely N-dealkylation sites (N-methyl/N-ethyl adjacent to an activating group) is 1. The number of aromatic hydroxyl groups is 1. The number of carbonyl (C=O) groups excluding carboxylic acids is 3. The minimum atomic E-state index is -1.29. The quantitative estimate of drug-likeness (QED) is 0.176. The van der Waals surface area contributed by atoms with Crippen molar-refractivity contribution in [1.82, 2.24) is 20.4 Å². The summed E-state index contributed by atoms with van der Waals surface area (Å²) < 4.78 is 0. The van der Waals surface area contributed by atoms with Crippen molar-refractivity contribution < 1.29 is 19.5 Å². The van der Waals surface area contributed by atoms with Crippen molar-refractivity contribution in [1.29, 1.82) is 0 Å². The van der Waals surface area contributed by atoms with E-state index in [1.165, 1.54) is 4.90 Å². The Morgan fingerprint density at radius 2 is 1.77 bits per heavy atom. The fraction of sp³-hybridized carbons (Fsp3) is 0.516. The summed E-state index contributed by atoms with van der Waals surface area (Å²) in [7, 11) is 1.55. The Morgan fingerprint density at radius 1 is 1.09 bits per heavy atom. The van der Waals surface area contributed by atoms with Gasteiger partial charge in [0, 0.05) is 69.2 Å². The van der Waals surface area contributed by atoms with E-state index in [4.69, 9.17) is 34.5 Å². The average molecular weight is 629 g/mol. The Bertz CT molecular complexity index is 1350. The Labute approximate surface area is 263 Å². The third-order valence-electron chi connectivity index (χ3n) is 8.66. The van der Waals surface area contributed by atoms with E-state index in [9.17, 15) is 19.5 Å². The summed E-state index contributed by atoms with van der Waals surface area (Å²) in [6, 6.07) is 8.80. The summed E-state index contributed by atoms with van der Waals surface area (Å²) in [6.07, 6.45) is 1.18. The molecule has 0 spiro atoms. The highest BCUT2D eigenvalue weighted by atomic mass is 35.5. The molecule has 2 aromatic rings. The fourth-order valence-corrected chi connectivity index (χ4v) is 6.08. The molecule has 44 heavy (non-hydrogen) atoms. The van der Waals surface area contributed by atoms with Crippen molar-refractivity contribution in [2.24, 2.45) is 22.9 Å². The van der Waals surface area contributed by atoms with E-state index in [0.717, 1.165) is 11.1 Å². The number of amides is 3. The number of nitrogens with zero attached hydrogens (tertiary/aromatic N) is 2. The molecule has 4 rings (SSSR count). The molecule has 1 fully saturated rings. The molecule has 1 aliphatic carbocycles. The minimum Gasteiger partial charge on any atom is -0.508 e. The van der Waals surface area contributed by atoms with Gasteiger partial charge in [0.1, 0.15) is 23.4 Å². The summed E-state index contributed by atoms with van der Waals surface area (Å²) in [6.45, 7) is 3.39. The van der Waals surface area contributed by atoms with Gasteiger partial charge < -0.3 is 43.6 Å². The number of halogens is 1. The van der Waals surface area contributed by atoms with Gasteiger partial charge in [-0.15, -0.1) is 0 Å². The van der Waals surface area contributed by atoms with Crippen LogP contribution in [0.25, 0.3) is 11.1 Å². The van der Waals surface area contributed by atoms with Crippen LogP contribution in [0.1, 0.15) is 36.3 Å². The molecule has 0 radical (unpaired) electrons. The van der Waals surface area contributed by atoms with Crippen LogP contribution in [0, 0.1) is 0 Å². The SMILES string of the molecule is CN1C(=O)[C@H](CCCN)NC(=O)[C@@]2(N)CC2c2cc(ccc2O)-c2ccc(Cl)c(c2)C[C@H]1C(=O)NCCN(CCN)CCN. The molecule has 1 aliphatic heterocycles. The Morgan fingerprint density at radius 3 is 2.45 bits per heavy atom. The first-order chi connectivity index (χ1) is 21.0. The van der Waals surface area contributed by atoms with Gasteiger partial charge in [-0.1, -0.05) is 23.7 Å². The Hall–Kier alpha value is -3.26. The van der Waals surface area contributed by atoms with Crippen LogP contribution in [-0.2, 0) is 20.8 Å². The van der Waals surface area contributed by atoms with Crippen molar-refractivity contribution in [2.75, 3.05) is 52.9 Å². The highest BCUT2D eigenvalue weighted by molar-refractivity contribution is 6.31. The van der Waals surface area contributed by atoms with E-state index < -0.39 is 35.4 Å². The van der Waals surface area contributed by atoms with E-state index >= 15 is 0 Å². The molecule has 13 heteroatoms. The zero-order chi connectivity index (χ0) is 32.0. The molecule has 2 aliphatic rings. The average Bonchev–Trinajstić information content (AvgIpc) is 3.70. The monoisotopic (exact) mass is 628 g/mol. The second-order valence-corrected chi connectivity index (χ2v) is 12.1. The van der Waals surface area contributed by atoms with Crippen LogP contribution in [0.2, 0.25) is 5.02 Å². The number of benzene rings is 2. The van der Waals surface area contributed by atoms with Gasteiger partial charge in [-0.2, -0.15) is 0 Å². The highest BCUT2D eigenvalue weighted by Crippen LogP contribution is 2.53. The van der Waals surface area contributed by atoms with Crippen LogP contribution in [0.3, 0.4) is 0 Å². The van der Waals surface area contributed by atoms with Crippen molar-refractivity contribution in [3.63, 3.8) is 0 Å². The van der Waals surface area contributed by atoms with E-state index in [1.807, 2.05) is 18.2 Å². The van der Waals surface area contributed by atoms with E-state index in [1.54, 1.807) is 25.2 Å². The zero-order valence-electron chi connectivity index (χ0n) is 25.2. The molecular weight excluding hydrogens is 584 g/mol. The molecule has 3 amide bonds. The molecule has 1 unspecified atom stereocenters. The molecule has 12 nitrogen and oxygen atoms in total. The predicted molar refractivity (Wildman–Crippen MR) is 171 cm³/mol. The van der Waals surface area contributed by atoms with Crippen LogP contribution < -0.4 is 33.6 Å². The lowest BCUT2D eigenvalue weighted by atomic mass is 9.95. The number of hydrogen-bond donors (Lipinski definition) is 7. The molecule has 2 aromatic carbocycles. The lowest BCUT2D eigenvalue weighted by Crippen LogP contribution is -2.57. The molecule has 1 heterocycles. The first kappa shape index (κ1) is 33.6. The normalized spacial score (nSPS) is 23.4. The van der Waals surface area contributed by atoms with Gasteiger partial charge in [-0.3, -0.25) is 19.3 Å². The van der Waals surface area contributed by atoms with Gasteiger partial charge in [0.25, 0.3) is 0 Å². The summed E-state index contributed by atoms with van der Waals surface area (Å²) in [4.78, 5) is 44.7. The summed E-state index contributed by atoms with van der Waals surface area (Å²) >= 11 is 6.66. The molecule has 11 N–H and O–H groups in total. The Balaban J connectivity index is 1.72. The van der Waals surface area contributed by atoms with E-state index in [0.29, 0.717) is 74.8 Å². The predicted octanol–water partition coefficient (Wildman–Crippen LogP) is -0.160. The van der Waals surface area contributed by atoms with Gasteiger partial charge in [0.15, 0.2) is 0 Å². The molecule has 4 bridgehead atoms. The first-order valence-electron chi connectivity index (χ1n) is 15.1. The molecule has 4 atom stereocenters. The fourth-order valence-electron chi connectivity index (χ4n) is 5.88. The van der Waals surface area contributed by atoms with Crippen molar-refractivity contribution >= 4 is 29.3 Å². The van der Waals surface area contributed by atoms with Gasteiger partial charge in [-0.05, 0) is 66.8 Å².